The number of nitrogens with one attached hydrogen (secondary N) is 1. The van der Waals surface area contributed by atoms with Crippen LogP contribution in [0, 0.1) is 0 Å². The number of carbonyl (C=O) groups is 2. The summed E-state index contributed by atoms with van der Waals surface area (Å²) in [5.41, 5.74) is 0. The average molecular weight is 249 g/mol. The molecule has 7 heteroatoms. The smallest absolute Gasteiger partial charge is 1.00 e. The van der Waals surface area contributed by atoms with Gasteiger partial charge in [-0.2, -0.15) is 11.8 Å². The molecule has 0 aromatic rings. The molecule has 80 valence electrons. The summed E-state index contributed by atoms with van der Waals surface area (Å²) in [5, 5.41) is 19.4. The Morgan fingerprint density at radius 3 is 2.43 bits per heavy atom. The average Bonchev–Trinajstić information content (AvgIpc) is 2.03. The minimum Gasteiger partial charge on any atom is -1.00 e. The molecule has 0 rings (SSSR count). The number of carboxylic acids is 2. The Labute approximate surface area is 120 Å². The molecule has 3 N–H and O–H groups in total. The number of rotatable bonds is 7. The van der Waals surface area contributed by atoms with E-state index in [4.69, 9.17) is 10.2 Å². The third kappa shape index (κ3) is 9.08. The first kappa shape index (κ1) is 16.9. The summed E-state index contributed by atoms with van der Waals surface area (Å²) >= 11 is 1.53. The van der Waals surface area contributed by atoms with Gasteiger partial charge in [0.2, 0.25) is 0 Å². The molecule has 0 saturated heterocycles. The van der Waals surface area contributed by atoms with E-state index in [9.17, 15) is 9.59 Å². The summed E-state index contributed by atoms with van der Waals surface area (Å²) in [6.07, 6.45) is 2.31. The summed E-state index contributed by atoms with van der Waals surface area (Å²) < 4.78 is 0. The molecular formula is C7H15CaNO4S. The van der Waals surface area contributed by atoms with Crippen LogP contribution in [0.3, 0.4) is 0 Å². The van der Waals surface area contributed by atoms with E-state index in [0.29, 0.717) is 12.2 Å². The van der Waals surface area contributed by atoms with Crippen LogP contribution >= 0.6 is 11.8 Å². The summed E-state index contributed by atoms with van der Waals surface area (Å²) in [4.78, 5) is 20.7. The summed E-state index contributed by atoms with van der Waals surface area (Å²) in [6, 6.07) is -0.761. The van der Waals surface area contributed by atoms with Crippen molar-refractivity contribution in [3.63, 3.8) is 0 Å². The van der Waals surface area contributed by atoms with E-state index in [2.05, 4.69) is 5.32 Å². The van der Waals surface area contributed by atoms with Crippen LogP contribution in [0.1, 0.15) is 9.27 Å². The summed E-state index contributed by atoms with van der Waals surface area (Å²) in [5.74, 6) is -1.35. The molecule has 0 heterocycles. The molecule has 0 radical (unpaired) electrons. The Balaban J connectivity index is -0.000000240. The second kappa shape index (κ2) is 10.0. The van der Waals surface area contributed by atoms with Gasteiger partial charge >= 0.3 is 49.7 Å². The SMILES string of the molecule is CSCC[C@H](NCC(=O)O)C(=O)O.[Ca+2].[H-].[H-]. The van der Waals surface area contributed by atoms with Crippen molar-refractivity contribution in [1.29, 1.82) is 0 Å². The van der Waals surface area contributed by atoms with Crippen LogP contribution < -0.4 is 5.32 Å². The van der Waals surface area contributed by atoms with Crippen LogP contribution in [0.2, 0.25) is 0 Å². The fourth-order valence-corrected chi connectivity index (χ4v) is 1.23. The molecule has 0 aliphatic carbocycles. The number of aliphatic carboxylic acids is 2. The van der Waals surface area contributed by atoms with Gasteiger partial charge in [0.05, 0.1) is 6.54 Å². The van der Waals surface area contributed by atoms with Gasteiger partial charge in [0.15, 0.2) is 0 Å². The quantitative estimate of drug-likeness (QED) is 0.538. The molecule has 0 aliphatic heterocycles. The zero-order chi connectivity index (χ0) is 10.3. The second-order valence-corrected chi connectivity index (χ2v) is 3.43. The van der Waals surface area contributed by atoms with Gasteiger partial charge in [-0.1, -0.05) is 0 Å². The van der Waals surface area contributed by atoms with Crippen LogP contribution in [-0.4, -0.2) is 84.5 Å². The van der Waals surface area contributed by atoms with Gasteiger partial charge in [0, 0.05) is 0 Å². The predicted octanol–water partition coefficient (Wildman–Crippen LogP) is -0.289. The van der Waals surface area contributed by atoms with Crippen molar-refractivity contribution in [2.45, 2.75) is 12.5 Å². The fourth-order valence-electron chi connectivity index (χ4n) is 0.759. The van der Waals surface area contributed by atoms with Crippen molar-refractivity contribution < 1.29 is 22.7 Å². The normalized spacial score (nSPS) is 11.5. The van der Waals surface area contributed by atoms with Gasteiger partial charge in [0.25, 0.3) is 0 Å². The molecule has 1 atom stereocenters. The van der Waals surface area contributed by atoms with E-state index in [1.54, 1.807) is 0 Å². The van der Waals surface area contributed by atoms with E-state index in [1.165, 1.54) is 11.8 Å². The first-order chi connectivity index (χ1) is 6.07. The Bertz CT molecular complexity index is 199. The van der Waals surface area contributed by atoms with Crippen LogP contribution in [-0.2, 0) is 9.59 Å². The summed E-state index contributed by atoms with van der Waals surface area (Å²) in [7, 11) is 0. The van der Waals surface area contributed by atoms with E-state index in [0.717, 1.165) is 0 Å². The van der Waals surface area contributed by atoms with E-state index < -0.39 is 18.0 Å². The molecule has 0 amide bonds. The maximum absolute atomic E-state index is 10.6. The Morgan fingerprint density at radius 2 is 2.07 bits per heavy atom. The molecule has 0 saturated carbocycles. The van der Waals surface area contributed by atoms with Crippen molar-refractivity contribution in [3.8, 4) is 0 Å². The molecule has 0 aromatic carbocycles. The molecule has 0 aliphatic rings. The number of hydrogen-bond donors (Lipinski definition) is 3. The van der Waals surface area contributed by atoms with Gasteiger partial charge in [0.1, 0.15) is 6.04 Å². The second-order valence-electron chi connectivity index (χ2n) is 2.45. The monoisotopic (exact) mass is 249 g/mol. The standard InChI is InChI=1S/C7H13NO4S.Ca.2H/c1-13-3-2-5(7(11)12)8-4-6(9)10;;;/h5,8H,2-4H2,1H3,(H,9,10)(H,11,12);;;/q;+2;2*-1/t5-;;;/m0.../s1. The zero-order valence-electron chi connectivity index (χ0n) is 10.0. The predicted molar refractivity (Wildman–Crippen MR) is 58.0 cm³/mol. The molecule has 5 nitrogen and oxygen atoms in total. The largest absolute Gasteiger partial charge is 2.00 e. The third-order valence-corrected chi connectivity index (χ3v) is 2.05. The zero-order valence-corrected chi connectivity index (χ0v) is 11.0. The Kier molecular flexibility index (Phi) is 12.1. The summed E-state index contributed by atoms with van der Waals surface area (Å²) in [6.45, 7) is -0.314. The molecule has 0 spiro atoms. The van der Waals surface area contributed by atoms with Crippen molar-refractivity contribution in [3.05, 3.63) is 0 Å². The van der Waals surface area contributed by atoms with Gasteiger partial charge in [-0.25, -0.2) is 0 Å². The van der Waals surface area contributed by atoms with Crippen LogP contribution in [0.15, 0.2) is 0 Å². The van der Waals surface area contributed by atoms with Crippen molar-refractivity contribution in [2.75, 3.05) is 18.6 Å². The first-order valence-corrected chi connectivity index (χ1v) is 5.14. The third-order valence-electron chi connectivity index (χ3n) is 1.41. The van der Waals surface area contributed by atoms with Crippen molar-refractivity contribution in [1.82, 2.24) is 5.32 Å². The minimum atomic E-state index is -1.05. The molecule has 0 bridgehead atoms. The van der Waals surface area contributed by atoms with E-state index >= 15 is 0 Å². The van der Waals surface area contributed by atoms with Crippen LogP contribution in [0.5, 0.6) is 0 Å². The number of thioether (sulfide) groups is 1. The fraction of sp³-hybridized carbons (Fsp3) is 0.714. The van der Waals surface area contributed by atoms with Crippen LogP contribution in [0.25, 0.3) is 0 Å². The van der Waals surface area contributed by atoms with Gasteiger partial charge in [-0.3, -0.25) is 14.9 Å². The van der Waals surface area contributed by atoms with E-state index in [1.807, 2.05) is 6.26 Å². The Morgan fingerprint density at radius 1 is 1.50 bits per heavy atom. The Hall–Kier alpha value is 0.510. The molecular weight excluding hydrogens is 234 g/mol. The van der Waals surface area contributed by atoms with Gasteiger partial charge in [-0.15, -0.1) is 0 Å². The van der Waals surface area contributed by atoms with Crippen molar-refractivity contribution >= 4 is 61.4 Å². The maximum Gasteiger partial charge on any atom is 2.00 e. The van der Waals surface area contributed by atoms with Crippen LogP contribution in [0.4, 0.5) is 0 Å². The number of hydrogen-bond acceptors (Lipinski definition) is 4. The molecule has 0 fully saturated rings. The molecule has 14 heavy (non-hydrogen) atoms. The minimum absolute atomic E-state index is 0. The molecule has 0 aromatic heterocycles. The van der Waals surface area contributed by atoms with E-state index in [-0.39, 0.29) is 47.1 Å². The topological polar surface area (TPSA) is 86.6 Å². The molecule has 0 unspecified atom stereocenters. The van der Waals surface area contributed by atoms with Gasteiger partial charge in [-0.05, 0) is 18.4 Å². The first-order valence-electron chi connectivity index (χ1n) is 3.75. The van der Waals surface area contributed by atoms with Crippen molar-refractivity contribution in [2.24, 2.45) is 0 Å². The van der Waals surface area contributed by atoms with Gasteiger partial charge < -0.3 is 13.1 Å². The maximum atomic E-state index is 10.6. The number of carboxylic acid groups (broad SMARTS) is 2.